The molecule has 0 aliphatic rings. The molecule has 0 spiro atoms. The fraction of sp³-hybridized carbons (Fsp3) is 0.0667. The summed E-state index contributed by atoms with van der Waals surface area (Å²) >= 11 is 1.34. The molecule has 106 valence electrons. The van der Waals surface area contributed by atoms with Gasteiger partial charge < -0.3 is 14.9 Å². The molecule has 0 unspecified atom stereocenters. The van der Waals surface area contributed by atoms with Crippen LogP contribution in [-0.4, -0.2) is 27.5 Å². The van der Waals surface area contributed by atoms with E-state index < -0.39 is 0 Å². The number of para-hydroxylation sites is 1. The Bertz CT molecular complexity index is 786. The van der Waals surface area contributed by atoms with Crippen LogP contribution in [0.4, 0.5) is 0 Å². The maximum absolute atomic E-state index is 9.88. The first-order valence-electron chi connectivity index (χ1n) is 6.18. The zero-order chi connectivity index (χ0) is 14.8. The normalized spacial score (nSPS) is 10.5. The Morgan fingerprint density at radius 2 is 1.67 bits per heavy atom. The van der Waals surface area contributed by atoms with Crippen LogP contribution in [0.3, 0.4) is 0 Å². The van der Waals surface area contributed by atoms with Gasteiger partial charge in [-0.05, 0) is 24.3 Å². The molecule has 0 saturated heterocycles. The summed E-state index contributed by atoms with van der Waals surface area (Å²) in [6.45, 7) is 0. The quantitative estimate of drug-likeness (QED) is 0.776. The van der Waals surface area contributed by atoms with E-state index in [9.17, 15) is 10.2 Å². The molecule has 1 heterocycles. The van der Waals surface area contributed by atoms with Gasteiger partial charge >= 0.3 is 0 Å². The lowest BCUT2D eigenvalue weighted by Gasteiger charge is -2.03. The largest absolute Gasteiger partial charge is 0.508 e. The van der Waals surface area contributed by atoms with E-state index in [1.165, 1.54) is 23.5 Å². The molecular formula is C15H12N2O3S. The van der Waals surface area contributed by atoms with Gasteiger partial charge in [-0.2, -0.15) is 0 Å². The van der Waals surface area contributed by atoms with Crippen LogP contribution < -0.4 is 4.74 Å². The molecule has 5 nitrogen and oxygen atoms in total. The summed E-state index contributed by atoms with van der Waals surface area (Å²) in [5.41, 5.74) is 1.38. The van der Waals surface area contributed by atoms with Gasteiger partial charge in [-0.1, -0.05) is 23.5 Å². The standard InChI is InChI=1S/C15H12N2O3S/c1-20-13-5-3-2-4-11(13)15-17-16-14(21-15)10-7-6-9(18)8-12(10)19/h2-8,18-19H,1H3. The van der Waals surface area contributed by atoms with Gasteiger partial charge in [-0.3, -0.25) is 0 Å². The third-order valence-electron chi connectivity index (χ3n) is 2.97. The molecule has 6 heteroatoms. The Balaban J connectivity index is 2.04. The molecule has 0 aliphatic carbocycles. The number of aromatic nitrogens is 2. The van der Waals surface area contributed by atoms with Crippen molar-refractivity contribution in [3.63, 3.8) is 0 Å². The van der Waals surface area contributed by atoms with Gasteiger partial charge in [0.2, 0.25) is 0 Å². The molecule has 21 heavy (non-hydrogen) atoms. The van der Waals surface area contributed by atoms with E-state index in [1.54, 1.807) is 13.2 Å². The summed E-state index contributed by atoms with van der Waals surface area (Å²) in [6.07, 6.45) is 0. The highest BCUT2D eigenvalue weighted by Gasteiger charge is 2.14. The predicted octanol–water partition coefficient (Wildman–Crippen LogP) is 3.29. The Hall–Kier alpha value is -2.60. The van der Waals surface area contributed by atoms with E-state index in [0.717, 1.165) is 11.3 Å². The summed E-state index contributed by atoms with van der Waals surface area (Å²) in [6, 6.07) is 11.9. The predicted molar refractivity (Wildman–Crippen MR) is 80.7 cm³/mol. The molecule has 0 saturated carbocycles. The molecule has 3 rings (SSSR count). The molecule has 0 fully saturated rings. The van der Waals surface area contributed by atoms with Gasteiger partial charge in [0.25, 0.3) is 0 Å². The zero-order valence-corrected chi connectivity index (χ0v) is 12.0. The zero-order valence-electron chi connectivity index (χ0n) is 11.1. The average molecular weight is 300 g/mol. The van der Waals surface area contributed by atoms with E-state index in [4.69, 9.17) is 4.74 Å². The summed E-state index contributed by atoms with van der Waals surface area (Å²) in [5.74, 6) is 0.693. The first-order chi connectivity index (χ1) is 10.2. The van der Waals surface area contributed by atoms with Gasteiger partial charge in [0, 0.05) is 6.07 Å². The number of nitrogens with zero attached hydrogens (tertiary/aromatic N) is 2. The number of aromatic hydroxyl groups is 2. The molecule has 3 aromatic rings. The van der Waals surface area contributed by atoms with Crippen molar-refractivity contribution in [3.8, 4) is 38.4 Å². The van der Waals surface area contributed by atoms with Crippen molar-refractivity contribution < 1.29 is 14.9 Å². The summed E-state index contributed by atoms with van der Waals surface area (Å²) in [4.78, 5) is 0. The molecule has 0 atom stereocenters. The van der Waals surface area contributed by atoms with Crippen molar-refractivity contribution in [1.29, 1.82) is 0 Å². The third-order valence-corrected chi connectivity index (χ3v) is 3.96. The minimum absolute atomic E-state index is 0.00529. The lowest BCUT2D eigenvalue weighted by Crippen LogP contribution is -1.86. The molecular weight excluding hydrogens is 288 g/mol. The maximum Gasteiger partial charge on any atom is 0.151 e. The smallest absolute Gasteiger partial charge is 0.151 e. The van der Waals surface area contributed by atoms with E-state index in [-0.39, 0.29) is 11.5 Å². The van der Waals surface area contributed by atoms with Crippen molar-refractivity contribution in [2.24, 2.45) is 0 Å². The van der Waals surface area contributed by atoms with Gasteiger partial charge in [0.05, 0.1) is 18.2 Å². The molecule has 2 N–H and O–H groups in total. The van der Waals surface area contributed by atoms with Gasteiger partial charge in [0.1, 0.15) is 17.2 Å². The minimum Gasteiger partial charge on any atom is -0.508 e. The van der Waals surface area contributed by atoms with Crippen molar-refractivity contribution >= 4 is 11.3 Å². The number of hydrogen-bond donors (Lipinski definition) is 2. The maximum atomic E-state index is 9.88. The second-order valence-electron chi connectivity index (χ2n) is 4.31. The Morgan fingerprint density at radius 1 is 0.952 bits per heavy atom. The van der Waals surface area contributed by atoms with Crippen LogP contribution in [0, 0.1) is 0 Å². The van der Waals surface area contributed by atoms with Crippen LogP contribution in [0.15, 0.2) is 42.5 Å². The molecule has 1 aromatic heterocycles. The average Bonchev–Trinajstić information content (AvgIpc) is 2.96. The minimum atomic E-state index is -0.0299. The fourth-order valence-electron chi connectivity index (χ4n) is 1.96. The van der Waals surface area contributed by atoms with Gasteiger partial charge in [-0.15, -0.1) is 10.2 Å². The van der Waals surface area contributed by atoms with Crippen molar-refractivity contribution in [1.82, 2.24) is 10.2 Å². The Kier molecular flexibility index (Phi) is 3.45. The summed E-state index contributed by atoms with van der Waals surface area (Å²) < 4.78 is 5.31. The van der Waals surface area contributed by atoms with E-state index in [1.807, 2.05) is 24.3 Å². The molecule has 0 radical (unpaired) electrons. The number of benzene rings is 2. The van der Waals surface area contributed by atoms with E-state index in [2.05, 4.69) is 10.2 Å². The number of hydrogen-bond acceptors (Lipinski definition) is 6. The molecule has 0 bridgehead atoms. The third kappa shape index (κ3) is 2.53. The van der Waals surface area contributed by atoms with Crippen LogP contribution >= 0.6 is 11.3 Å². The topological polar surface area (TPSA) is 75.5 Å². The molecule has 0 aliphatic heterocycles. The van der Waals surface area contributed by atoms with Crippen LogP contribution in [0.2, 0.25) is 0 Å². The van der Waals surface area contributed by atoms with Crippen molar-refractivity contribution in [2.45, 2.75) is 0 Å². The van der Waals surface area contributed by atoms with Crippen LogP contribution in [-0.2, 0) is 0 Å². The van der Waals surface area contributed by atoms with Crippen molar-refractivity contribution in [3.05, 3.63) is 42.5 Å². The van der Waals surface area contributed by atoms with Crippen LogP contribution in [0.25, 0.3) is 21.1 Å². The number of phenolic OH excluding ortho intramolecular Hbond substituents is 2. The highest BCUT2D eigenvalue weighted by atomic mass is 32.1. The lowest BCUT2D eigenvalue weighted by molar-refractivity contribution is 0.416. The number of ether oxygens (including phenoxy) is 1. The summed E-state index contributed by atoms with van der Waals surface area (Å²) in [5, 5.41) is 28.7. The van der Waals surface area contributed by atoms with E-state index >= 15 is 0 Å². The Morgan fingerprint density at radius 3 is 2.38 bits per heavy atom. The highest BCUT2D eigenvalue weighted by Crippen LogP contribution is 2.38. The number of rotatable bonds is 3. The van der Waals surface area contributed by atoms with Gasteiger partial charge in [0.15, 0.2) is 10.0 Å². The molecule has 0 amide bonds. The monoisotopic (exact) mass is 300 g/mol. The number of methoxy groups -OCH3 is 1. The Labute approximate surface area is 125 Å². The summed E-state index contributed by atoms with van der Waals surface area (Å²) in [7, 11) is 1.60. The lowest BCUT2D eigenvalue weighted by atomic mass is 10.2. The number of phenols is 2. The van der Waals surface area contributed by atoms with Crippen LogP contribution in [0.1, 0.15) is 0 Å². The fourth-order valence-corrected chi connectivity index (χ4v) is 2.87. The second kappa shape index (κ2) is 5.41. The van der Waals surface area contributed by atoms with Gasteiger partial charge in [-0.25, -0.2) is 0 Å². The molecule has 2 aromatic carbocycles. The highest BCUT2D eigenvalue weighted by molar-refractivity contribution is 7.18. The second-order valence-corrected chi connectivity index (χ2v) is 5.29. The van der Waals surface area contributed by atoms with Crippen molar-refractivity contribution in [2.75, 3.05) is 7.11 Å². The SMILES string of the molecule is COc1ccccc1-c1nnc(-c2ccc(O)cc2O)s1. The first kappa shape index (κ1) is 13.4. The van der Waals surface area contributed by atoms with Crippen LogP contribution in [0.5, 0.6) is 17.2 Å². The van der Waals surface area contributed by atoms with E-state index in [0.29, 0.717) is 15.6 Å². The first-order valence-corrected chi connectivity index (χ1v) is 7.00.